The Labute approximate surface area is 95.4 Å². The molecule has 0 spiro atoms. The van der Waals surface area contributed by atoms with Gasteiger partial charge in [-0.1, -0.05) is 30.3 Å². The van der Waals surface area contributed by atoms with Gasteiger partial charge in [0.05, 0.1) is 12.6 Å². The van der Waals surface area contributed by atoms with Crippen molar-refractivity contribution in [2.75, 3.05) is 20.7 Å². The van der Waals surface area contributed by atoms with Gasteiger partial charge in [0.2, 0.25) is 0 Å². The summed E-state index contributed by atoms with van der Waals surface area (Å²) >= 11 is 0. The average Bonchev–Trinajstić information content (AvgIpc) is 2.77. The Hall–Kier alpha value is -1.55. The summed E-state index contributed by atoms with van der Waals surface area (Å²) in [4.78, 5) is 18.8. The molecule has 1 aliphatic rings. The van der Waals surface area contributed by atoms with Gasteiger partial charge in [-0.3, -0.25) is 4.84 Å². The van der Waals surface area contributed by atoms with Crippen molar-refractivity contribution in [2.45, 2.75) is 12.5 Å². The van der Waals surface area contributed by atoms with Crippen LogP contribution in [-0.4, -0.2) is 36.7 Å². The molecule has 2 amide bonds. The second kappa shape index (κ2) is 4.53. The highest BCUT2D eigenvalue weighted by Crippen LogP contribution is 2.30. The Bertz CT molecular complexity index is 365. The van der Waals surface area contributed by atoms with Crippen molar-refractivity contribution in [3.05, 3.63) is 35.9 Å². The molecule has 0 aliphatic carbocycles. The molecular weight excluding hydrogens is 204 g/mol. The van der Waals surface area contributed by atoms with Gasteiger partial charge in [0.25, 0.3) is 0 Å². The quantitative estimate of drug-likeness (QED) is 0.725. The molecule has 1 atom stereocenters. The Balaban J connectivity index is 2.19. The Morgan fingerprint density at radius 1 is 1.38 bits per heavy atom. The molecule has 86 valence electrons. The van der Waals surface area contributed by atoms with Gasteiger partial charge in [0.15, 0.2) is 0 Å². The van der Waals surface area contributed by atoms with Gasteiger partial charge in [-0.2, -0.15) is 5.06 Å². The summed E-state index contributed by atoms with van der Waals surface area (Å²) in [6.07, 6.45) is 0.851. The second-order valence-corrected chi connectivity index (χ2v) is 4.05. The first-order valence-corrected chi connectivity index (χ1v) is 5.38. The van der Waals surface area contributed by atoms with E-state index in [1.165, 1.54) is 9.96 Å². The SMILES string of the molecule is CN(C)C(=O)N1OCCC1c1ccccc1. The minimum Gasteiger partial charge on any atom is -0.329 e. The molecule has 4 nitrogen and oxygen atoms in total. The number of hydrogen-bond donors (Lipinski definition) is 0. The number of nitrogens with zero attached hydrogens (tertiary/aromatic N) is 2. The van der Waals surface area contributed by atoms with E-state index >= 15 is 0 Å². The van der Waals surface area contributed by atoms with Crippen molar-refractivity contribution < 1.29 is 9.63 Å². The molecule has 1 aromatic rings. The summed E-state index contributed by atoms with van der Waals surface area (Å²) in [6.45, 7) is 0.596. The van der Waals surface area contributed by atoms with Crippen molar-refractivity contribution in [2.24, 2.45) is 0 Å². The fourth-order valence-corrected chi connectivity index (χ4v) is 1.83. The average molecular weight is 220 g/mol. The van der Waals surface area contributed by atoms with Crippen LogP contribution in [0.25, 0.3) is 0 Å². The van der Waals surface area contributed by atoms with E-state index in [4.69, 9.17) is 4.84 Å². The van der Waals surface area contributed by atoms with Gasteiger partial charge in [-0.15, -0.1) is 0 Å². The minimum atomic E-state index is -0.105. The van der Waals surface area contributed by atoms with Crippen LogP contribution in [0.4, 0.5) is 4.79 Å². The van der Waals surface area contributed by atoms with Gasteiger partial charge < -0.3 is 4.90 Å². The van der Waals surface area contributed by atoms with Crippen molar-refractivity contribution in [3.8, 4) is 0 Å². The lowest BCUT2D eigenvalue weighted by Crippen LogP contribution is -2.37. The molecule has 1 unspecified atom stereocenters. The minimum absolute atomic E-state index is 0.0381. The molecular formula is C12H16N2O2. The van der Waals surface area contributed by atoms with Crippen molar-refractivity contribution >= 4 is 6.03 Å². The van der Waals surface area contributed by atoms with E-state index in [2.05, 4.69) is 0 Å². The number of urea groups is 1. The summed E-state index contributed by atoms with van der Waals surface area (Å²) in [6, 6.07) is 9.90. The zero-order valence-corrected chi connectivity index (χ0v) is 9.59. The van der Waals surface area contributed by atoms with Crippen molar-refractivity contribution in [1.82, 2.24) is 9.96 Å². The van der Waals surface area contributed by atoms with Gasteiger partial charge in [-0.05, 0) is 5.56 Å². The number of rotatable bonds is 1. The van der Waals surface area contributed by atoms with Crippen LogP contribution in [-0.2, 0) is 4.84 Å². The van der Waals surface area contributed by atoms with E-state index in [0.717, 1.165) is 12.0 Å². The molecule has 0 bridgehead atoms. The van der Waals surface area contributed by atoms with Crippen LogP contribution in [0.5, 0.6) is 0 Å². The summed E-state index contributed by atoms with van der Waals surface area (Å²) in [7, 11) is 3.46. The van der Waals surface area contributed by atoms with E-state index in [1.54, 1.807) is 14.1 Å². The third kappa shape index (κ3) is 2.02. The zero-order valence-electron chi connectivity index (χ0n) is 9.59. The topological polar surface area (TPSA) is 32.8 Å². The van der Waals surface area contributed by atoms with Gasteiger partial charge in [-0.25, -0.2) is 4.79 Å². The number of amides is 2. The maximum Gasteiger partial charge on any atom is 0.343 e. The van der Waals surface area contributed by atoms with E-state index in [-0.39, 0.29) is 12.1 Å². The van der Waals surface area contributed by atoms with Gasteiger partial charge >= 0.3 is 6.03 Å². The fourth-order valence-electron chi connectivity index (χ4n) is 1.83. The fraction of sp³-hybridized carbons (Fsp3) is 0.417. The molecule has 1 aliphatic heterocycles. The highest BCUT2D eigenvalue weighted by Gasteiger charge is 2.32. The molecule has 0 N–H and O–H groups in total. The lowest BCUT2D eigenvalue weighted by Gasteiger charge is -2.25. The first kappa shape index (κ1) is 11.0. The summed E-state index contributed by atoms with van der Waals surface area (Å²) in [5.74, 6) is 0. The predicted octanol–water partition coefficient (Wildman–Crippen LogP) is 2.05. The molecule has 4 heteroatoms. The van der Waals surface area contributed by atoms with Crippen LogP contribution < -0.4 is 0 Å². The molecule has 1 saturated heterocycles. The smallest absolute Gasteiger partial charge is 0.329 e. The summed E-state index contributed by atoms with van der Waals surface area (Å²) in [5, 5.41) is 1.47. The van der Waals surface area contributed by atoms with Crippen LogP contribution in [0, 0.1) is 0 Å². The number of hydroxylamine groups is 2. The Morgan fingerprint density at radius 3 is 2.69 bits per heavy atom. The standard InChI is InChI=1S/C12H16N2O2/c1-13(2)12(15)14-11(8-9-16-14)10-6-4-3-5-7-10/h3-7,11H,8-9H2,1-2H3. The van der Waals surface area contributed by atoms with E-state index in [9.17, 15) is 4.79 Å². The van der Waals surface area contributed by atoms with Crippen LogP contribution >= 0.6 is 0 Å². The van der Waals surface area contributed by atoms with Crippen LogP contribution in [0.2, 0.25) is 0 Å². The Kier molecular flexibility index (Phi) is 3.10. The molecule has 0 radical (unpaired) electrons. The highest BCUT2D eigenvalue weighted by molar-refractivity contribution is 5.73. The maximum atomic E-state index is 11.9. The summed E-state index contributed by atoms with van der Waals surface area (Å²) in [5.41, 5.74) is 1.12. The first-order valence-electron chi connectivity index (χ1n) is 5.38. The number of hydrogen-bond acceptors (Lipinski definition) is 2. The van der Waals surface area contributed by atoms with Crippen molar-refractivity contribution in [1.29, 1.82) is 0 Å². The van der Waals surface area contributed by atoms with Gasteiger partial charge in [0, 0.05) is 20.5 Å². The zero-order chi connectivity index (χ0) is 11.5. The summed E-state index contributed by atoms with van der Waals surface area (Å²) < 4.78 is 0. The third-order valence-corrected chi connectivity index (χ3v) is 2.66. The number of carbonyl (C=O) groups excluding carboxylic acids is 1. The third-order valence-electron chi connectivity index (χ3n) is 2.66. The van der Waals surface area contributed by atoms with E-state index in [1.807, 2.05) is 30.3 Å². The molecule has 1 aromatic carbocycles. The largest absolute Gasteiger partial charge is 0.343 e. The highest BCUT2D eigenvalue weighted by atomic mass is 16.7. The maximum absolute atomic E-state index is 11.9. The molecule has 0 saturated carbocycles. The van der Waals surface area contributed by atoms with Crippen LogP contribution in [0.15, 0.2) is 30.3 Å². The Morgan fingerprint density at radius 2 is 2.06 bits per heavy atom. The lowest BCUT2D eigenvalue weighted by atomic mass is 10.1. The van der Waals surface area contributed by atoms with Crippen LogP contribution in [0.1, 0.15) is 18.0 Å². The number of benzene rings is 1. The van der Waals surface area contributed by atoms with Crippen molar-refractivity contribution in [3.63, 3.8) is 0 Å². The molecule has 1 fully saturated rings. The molecule has 0 aromatic heterocycles. The molecule has 16 heavy (non-hydrogen) atoms. The lowest BCUT2D eigenvalue weighted by molar-refractivity contribution is -0.0951. The van der Waals surface area contributed by atoms with E-state index < -0.39 is 0 Å². The predicted molar refractivity (Wildman–Crippen MR) is 60.7 cm³/mol. The molecule has 1 heterocycles. The normalized spacial score (nSPS) is 19.9. The van der Waals surface area contributed by atoms with E-state index in [0.29, 0.717) is 6.61 Å². The van der Waals surface area contributed by atoms with Gasteiger partial charge in [0.1, 0.15) is 0 Å². The first-order chi connectivity index (χ1) is 7.70. The molecule has 2 rings (SSSR count). The second-order valence-electron chi connectivity index (χ2n) is 4.05. The van der Waals surface area contributed by atoms with Crippen LogP contribution in [0.3, 0.4) is 0 Å². The monoisotopic (exact) mass is 220 g/mol. The number of carbonyl (C=O) groups is 1.